The van der Waals surface area contributed by atoms with E-state index in [-0.39, 0.29) is 36.8 Å². The fraction of sp³-hybridized carbons (Fsp3) is 0.458. The third kappa shape index (κ3) is 11.5. The number of hydrogen-bond acceptors (Lipinski definition) is 12. The SMILES string of the molecule is Cc1ccc(CNC(=O)c2nc3n(c(=O)c2O)[C@@H](C)CCC[C@@H]3N(C)C(=O)C(=O)N(C)C)cc1F.Cc1ccc(CNC(=O)c2nc3n(c(=O)c2O)[C@H](C)CCC[C@H]3N(C)C(=O)C(=O)N(C)C)cc1F. The fourth-order valence-electron chi connectivity index (χ4n) is 8.18. The minimum absolute atomic E-state index is 0.0505. The lowest BCUT2D eigenvalue weighted by Gasteiger charge is -2.29. The van der Waals surface area contributed by atoms with E-state index >= 15 is 0 Å². The third-order valence-corrected chi connectivity index (χ3v) is 12.5. The van der Waals surface area contributed by atoms with Gasteiger partial charge in [0.15, 0.2) is 11.4 Å². The van der Waals surface area contributed by atoms with E-state index in [2.05, 4.69) is 20.6 Å². The zero-order chi connectivity index (χ0) is 52.0. The van der Waals surface area contributed by atoms with Gasteiger partial charge in [0, 0.05) is 67.5 Å². The van der Waals surface area contributed by atoms with E-state index in [9.17, 15) is 57.4 Å². The molecular weight excluding hydrogens is 915 g/mol. The number of aryl methyl sites for hydroxylation is 2. The molecule has 6 rings (SSSR count). The largest absolute Gasteiger partial charge is 0.501 e. The minimum atomic E-state index is -0.821. The van der Waals surface area contributed by atoms with Gasteiger partial charge in [0.25, 0.3) is 22.9 Å². The third-order valence-electron chi connectivity index (χ3n) is 12.5. The van der Waals surface area contributed by atoms with E-state index in [0.717, 1.165) is 9.80 Å². The van der Waals surface area contributed by atoms with Crippen LogP contribution in [0.5, 0.6) is 11.5 Å². The van der Waals surface area contributed by atoms with Crippen molar-refractivity contribution < 1.29 is 47.8 Å². The number of halogens is 2. The highest BCUT2D eigenvalue weighted by Gasteiger charge is 2.37. The van der Waals surface area contributed by atoms with Crippen molar-refractivity contribution in [3.8, 4) is 11.5 Å². The zero-order valence-corrected chi connectivity index (χ0v) is 40.9. The van der Waals surface area contributed by atoms with Gasteiger partial charge in [0.1, 0.15) is 23.3 Å². The summed E-state index contributed by atoms with van der Waals surface area (Å²) in [4.78, 5) is 115. The number of aromatic nitrogens is 4. The first-order valence-corrected chi connectivity index (χ1v) is 22.6. The Bertz CT molecular complexity index is 2640. The first kappa shape index (κ1) is 53.4. The number of amides is 6. The van der Waals surface area contributed by atoms with Crippen LogP contribution in [0, 0.1) is 25.5 Å². The molecule has 0 bridgehead atoms. The van der Waals surface area contributed by atoms with Crippen molar-refractivity contribution in [2.24, 2.45) is 0 Å². The summed E-state index contributed by atoms with van der Waals surface area (Å²) >= 11 is 0. The second-order valence-corrected chi connectivity index (χ2v) is 18.0. The van der Waals surface area contributed by atoms with Gasteiger partial charge in [-0.05, 0) is 101 Å². The highest BCUT2D eigenvalue weighted by atomic mass is 19.1. The monoisotopic (exact) mass is 974 g/mol. The highest BCUT2D eigenvalue weighted by molar-refractivity contribution is 6.35. The maximum Gasteiger partial charge on any atom is 0.312 e. The normalized spacial score (nSPS) is 17.2. The van der Waals surface area contributed by atoms with E-state index in [1.807, 2.05) is 0 Å². The van der Waals surface area contributed by atoms with Crippen LogP contribution in [0.3, 0.4) is 0 Å². The summed E-state index contributed by atoms with van der Waals surface area (Å²) in [7, 11) is 8.72. The van der Waals surface area contributed by atoms with Gasteiger partial charge in [-0.25, -0.2) is 18.7 Å². The second kappa shape index (κ2) is 22.3. The zero-order valence-electron chi connectivity index (χ0n) is 40.9. The number of carbonyl (C=O) groups excluding carboxylic acids is 6. The van der Waals surface area contributed by atoms with Gasteiger partial charge in [-0.3, -0.25) is 47.5 Å². The van der Waals surface area contributed by atoms with Crippen LogP contribution < -0.4 is 21.8 Å². The van der Waals surface area contributed by atoms with Crippen LogP contribution in [0.4, 0.5) is 8.78 Å². The molecule has 0 radical (unpaired) electrons. The van der Waals surface area contributed by atoms with Crippen molar-refractivity contribution in [2.75, 3.05) is 42.3 Å². The molecule has 70 heavy (non-hydrogen) atoms. The summed E-state index contributed by atoms with van der Waals surface area (Å²) in [6.07, 6.45) is 3.24. The average Bonchev–Trinajstić information content (AvgIpc) is 3.60. The Labute approximate surface area is 402 Å². The molecule has 4 N–H and O–H groups in total. The van der Waals surface area contributed by atoms with Gasteiger partial charge < -0.3 is 40.4 Å². The fourth-order valence-corrected chi connectivity index (χ4v) is 8.18. The van der Waals surface area contributed by atoms with Crippen LogP contribution in [0.1, 0.15) is 131 Å². The topological polar surface area (TPSA) is 250 Å². The van der Waals surface area contributed by atoms with Crippen molar-refractivity contribution in [1.82, 2.24) is 49.3 Å². The number of carbonyl (C=O) groups is 6. The van der Waals surface area contributed by atoms with Crippen LogP contribution >= 0.6 is 0 Å². The molecule has 2 aliphatic heterocycles. The standard InChI is InChI=1S/2C24H30FN5O5/c2*1-13-9-10-15(11-16(13)25)12-26-21(32)18-19(31)22(33)30-14(2)7-6-8-17(20(30)27-18)29(5)24(35)23(34)28(3)4/h2*9-11,14,17,31H,6-8,12H2,1-5H3,(H,26,32)/t2*14-,17-/m10/s1. The molecule has 0 saturated carbocycles. The van der Waals surface area contributed by atoms with Gasteiger partial charge in [-0.2, -0.15) is 0 Å². The lowest BCUT2D eigenvalue weighted by atomic mass is 10.1. The molecule has 0 aliphatic carbocycles. The molecule has 4 atom stereocenters. The maximum absolute atomic E-state index is 13.8. The van der Waals surface area contributed by atoms with Gasteiger partial charge in [0.2, 0.25) is 11.5 Å². The Kier molecular flexibility index (Phi) is 17.0. The molecule has 2 aliphatic rings. The van der Waals surface area contributed by atoms with Gasteiger partial charge in [0.05, 0.1) is 12.1 Å². The molecule has 2 aromatic heterocycles. The minimum Gasteiger partial charge on any atom is -0.501 e. The Balaban J connectivity index is 0.000000261. The van der Waals surface area contributed by atoms with Crippen molar-refractivity contribution in [2.45, 2.75) is 103 Å². The molecule has 4 aromatic rings. The van der Waals surface area contributed by atoms with E-state index in [0.29, 0.717) is 60.8 Å². The van der Waals surface area contributed by atoms with Crippen LogP contribution in [0.2, 0.25) is 0 Å². The number of aromatic hydroxyl groups is 2. The summed E-state index contributed by atoms with van der Waals surface area (Å²) in [5, 5.41) is 26.2. The van der Waals surface area contributed by atoms with Crippen molar-refractivity contribution in [3.63, 3.8) is 0 Å². The van der Waals surface area contributed by atoms with Crippen molar-refractivity contribution in [1.29, 1.82) is 0 Å². The Morgan fingerprint density at radius 1 is 0.600 bits per heavy atom. The first-order chi connectivity index (χ1) is 32.9. The maximum atomic E-state index is 13.8. The number of nitrogens with zero attached hydrogens (tertiary/aromatic N) is 8. The van der Waals surface area contributed by atoms with Crippen LogP contribution in [-0.2, 0) is 32.3 Å². The number of rotatable bonds is 8. The smallest absolute Gasteiger partial charge is 0.312 e. The molecule has 0 spiro atoms. The number of likely N-dealkylation sites (N-methyl/N-ethyl adjacent to an activating group) is 4. The van der Waals surface area contributed by atoms with Crippen molar-refractivity contribution >= 4 is 35.4 Å². The highest BCUT2D eigenvalue weighted by Crippen LogP contribution is 2.34. The Hall–Kier alpha value is -7.52. The van der Waals surface area contributed by atoms with Gasteiger partial charge >= 0.3 is 23.6 Å². The predicted octanol–water partition coefficient (Wildman–Crippen LogP) is 3.32. The van der Waals surface area contributed by atoms with E-state index in [1.54, 1.807) is 52.0 Å². The van der Waals surface area contributed by atoms with E-state index in [4.69, 9.17) is 0 Å². The average molecular weight is 975 g/mol. The molecule has 20 nitrogen and oxygen atoms in total. The Morgan fingerprint density at radius 3 is 1.26 bits per heavy atom. The van der Waals surface area contributed by atoms with Crippen LogP contribution in [0.25, 0.3) is 0 Å². The van der Waals surface area contributed by atoms with E-state index in [1.165, 1.54) is 73.4 Å². The molecule has 6 amide bonds. The number of nitrogens with one attached hydrogen (secondary N) is 2. The molecule has 376 valence electrons. The molecule has 22 heteroatoms. The quantitative estimate of drug-likeness (QED) is 0.186. The molecule has 2 aromatic carbocycles. The summed E-state index contributed by atoms with van der Waals surface area (Å²) < 4.78 is 30.2. The molecule has 0 unspecified atom stereocenters. The Morgan fingerprint density at radius 2 is 0.943 bits per heavy atom. The summed E-state index contributed by atoms with van der Waals surface area (Å²) in [6, 6.07) is 6.82. The van der Waals surface area contributed by atoms with Crippen molar-refractivity contribution in [3.05, 3.63) is 114 Å². The number of benzene rings is 2. The summed E-state index contributed by atoms with van der Waals surface area (Å²) in [5.41, 5.74) is -0.686. The lowest BCUT2D eigenvalue weighted by molar-refractivity contribution is -0.151. The van der Waals surface area contributed by atoms with Crippen LogP contribution in [0.15, 0.2) is 46.0 Å². The number of hydrogen-bond donors (Lipinski definition) is 4. The van der Waals surface area contributed by atoms with Crippen LogP contribution in [-0.4, -0.2) is 127 Å². The summed E-state index contributed by atoms with van der Waals surface area (Å²) in [5.74, 6) is -6.91. The van der Waals surface area contributed by atoms with E-state index < -0.39 is 93.2 Å². The molecule has 4 heterocycles. The summed E-state index contributed by atoms with van der Waals surface area (Å²) in [6.45, 7) is 6.71. The molecular formula is C48H60F2N10O10. The van der Waals surface area contributed by atoms with Gasteiger partial charge in [-0.15, -0.1) is 0 Å². The van der Waals surface area contributed by atoms with Gasteiger partial charge in [-0.1, -0.05) is 24.3 Å². The molecule has 0 fully saturated rings. The predicted molar refractivity (Wildman–Crippen MR) is 250 cm³/mol. The number of fused-ring (bicyclic) bond motifs is 2. The lowest BCUT2D eigenvalue weighted by Crippen LogP contribution is -2.44. The second-order valence-electron chi connectivity index (χ2n) is 18.0. The first-order valence-electron chi connectivity index (χ1n) is 22.6. The molecule has 0 saturated heterocycles.